The zero-order chi connectivity index (χ0) is 19.3. The van der Waals surface area contributed by atoms with E-state index >= 15 is 0 Å². The van der Waals surface area contributed by atoms with Crippen LogP contribution in [0.5, 0.6) is 5.75 Å². The van der Waals surface area contributed by atoms with Gasteiger partial charge in [-0.05, 0) is 41.5 Å². The molecule has 0 bridgehead atoms. The van der Waals surface area contributed by atoms with Crippen molar-refractivity contribution in [3.05, 3.63) is 65.6 Å². The molecule has 3 heterocycles. The molecule has 2 aromatic carbocycles. The third-order valence-corrected chi connectivity index (χ3v) is 5.09. The van der Waals surface area contributed by atoms with Gasteiger partial charge >= 0.3 is 0 Å². The predicted molar refractivity (Wildman–Crippen MR) is 105 cm³/mol. The highest BCUT2D eigenvalue weighted by atomic mass is 16.5. The van der Waals surface area contributed by atoms with Crippen LogP contribution in [0, 0.1) is 0 Å². The van der Waals surface area contributed by atoms with Crippen molar-refractivity contribution in [3.8, 4) is 16.9 Å². The maximum absolute atomic E-state index is 12.2. The third-order valence-electron chi connectivity index (χ3n) is 5.09. The van der Waals surface area contributed by atoms with Crippen molar-refractivity contribution in [1.82, 2.24) is 24.9 Å². The summed E-state index contributed by atoms with van der Waals surface area (Å²) in [4.78, 5) is 12.2. The van der Waals surface area contributed by atoms with Crippen molar-refractivity contribution in [2.75, 3.05) is 0 Å². The summed E-state index contributed by atoms with van der Waals surface area (Å²) in [5.74, 6) is 0.694. The Morgan fingerprint density at radius 2 is 2.04 bits per heavy atom. The van der Waals surface area contributed by atoms with E-state index in [1.54, 1.807) is 4.68 Å². The molecule has 0 unspecified atom stereocenters. The minimum atomic E-state index is -0.0463. The van der Waals surface area contributed by atoms with Gasteiger partial charge in [-0.2, -0.15) is 10.2 Å². The lowest BCUT2D eigenvalue weighted by Crippen LogP contribution is -2.12. The van der Waals surface area contributed by atoms with Gasteiger partial charge in [-0.1, -0.05) is 6.07 Å². The van der Waals surface area contributed by atoms with E-state index in [-0.39, 0.29) is 5.91 Å². The van der Waals surface area contributed by atoms with Gasteiger partial charge in [0.05, 0.1) is 17.4 Å². The molecule has 0 saturated carbocycles. The highest BCUT2D eigenvalue weighted by Gasteiger charge is 2.22. The van der Waals surface area contributed by atoms with Crippen LogP contribution in [0.25, 0.3) is 22.0 Å². The average molecular weight is 373 g/mol. The Kier molecular flexibility index (Phi) is 3.68. The van der Waals surface area contributed by atoms with Crippen LogP contribution in [0.1, 0.15) is 21.6 Å². The van der Waals surface area contributed by atoms with E-state index in [4.69, 9.17) is 4.74 Å². The topological polar surface area (TPSA) is 74.0 Å². The SMILES string of the molecule is Cn1ccc(COc2cc3c(cc2-c2ccc4c(cnn4C)c2)C(=O)NC3)n1. The van der Waals surface area contributed by atoms with E-state index in [1.807, 2.05) is 61.5 Å². The maximum Gasteiger partial charge on any atom is 0.251 e. The van der Waals surface area contributed by atoms with E-state index in [0.717, 1.165) is 39.0 Å². The fourth-order valence-electron chi connectivity index (χ4n) is 3.62. The molecule has 1 amide bonds. The standard InChI is InChI=1S/C21H19N5O2/c1-25-6-5-16(24-25)12-28-20-8-14-10-22-21(27)18(14)9-17(20)13-3-4-19-15(7-13)11-23-26(19)2/h3-9,11H,10,12H2,1-2H3,(H,22,27). The number of carbonyl (C=O) groups is 1. The summed E-state index contributed by atoms with van der Waals surface area (Å²) in [5.41, 5.74) is 5.43. The molecule has 1 aliphatic rings. The molecule has 4 aromatic rings. The minimum Gasteiger partial charge on any atom is -0.487 e. The zero-order valence-corrected chi connectivity index (χ0v) is 15.6. The normalized spacial score (nSPS) is 13.0. The van der Waals surface area contributed by atoms with Gasteiger partial charge in [-0.15, -0.1) is 0 Å². The molecule has 28 heavy (non-hydrogen) atoms. The second-order valence-electron chi connectivity index (χ2n) is 7.00. The van der Waals surface area contributed by atoms with Crippen molar-refractivity contribution in [1.29, 1.82) is 0 Å². The number of rotatable bonds is 4. The van der Waals surface area contributed by atoms with E-state index in [1.165, 1.54) is 0 Å². The van der Waals surface area contributed by atoms with Crippen molar-refractivity contribution in [3.63, 3.8) is 0 Å². The number of nitrogens with one attached hydrogen (secondary N) is 1. The number of hydrogen-bond donors (Lipinski definition) is 1. The summed E-state index contributed by atoms with van der Waals surface area (Å²) in [5, 5.41) is 12.6. The number of carbonyl (C=O) groups excluding carboxylic acids is 1. The molecule has 0 aliphatic carbocycles. The third kappa shape index (κ3) is 2.72. The fraction of sp³-hybridized carbons (Fsp3) is 0.190. The molecule has 0 saturated heterocycles. The second kappa shape index (κ2) is 6.23. The number of nitrogens with zero attached hydrogens (tertiary/aromatic N) is 4. The fourth-order valence-corrected chi connectivity index (χ4v) is 3.62. The molecule has 0 spiro atoms. The van der Waals surface area contributed by atoms with Gasteiger partial charge in [-0.25, -0.2) is 0 Å². The van der Waals surface area contributed by atoms with E-state index in [2.05, 4.69) is 21.6 Å². The van der Waals surface area contributed by atoms with E-state index < -0.39 is 0 Å². The summed E-state index contributed by atoms with van der Waals surface area (Å²) in [6, 6.07) is 12.0. The smallest absolute Gasteiger partial charge is 0.251 e. The summed E-state index contributed by atoms with van der Waals surface area (Å²) >= 11 is 0. The Morgan fingerprint density at radius 1 is 1.14 bits per heavy atom. The Hall–Kier alpha value is -3.61. The molecule has 0 atom stereocenters. The Labute approximate surface area is 161 Å². The first-order valence-corrected chi connectivity index (χ1v) is 9.07. The molecule has 0 fully saturated rings. The molecule has 140 valence electrons. The predicted octanol–water partition coefficient (Wildman–Crippen LogP) is 2.80. The number of benzene rings is 2. The van der Waals surface area contributed by atoms with Gasteiger partial charge in [-0.3, -0.25) is 14.2 Å². The van der Waals surface area contributed by atoms with Crippen molar-refractivity contribution >= 4 is 16.8 Å². The van der Waals surface area contributed by atoms with Crippen LogP contribution < -0.4 is 10.1 Å². The van der Waals surface area contributed by atoms with E-state index in [9.17, 15) is 4.79 Å². The quantitative estimate of drug-likeness (QED) is 0.597. The zero-order valence-electron chi connectivity index (χ0n) is 15.6. The lowest BCUT2D eigenvalue weighted by atomic mass is 9.98. The van der Waals surface area contributed by atoms with Crippen LogP contribution in [0.15, 0.2) is 48.8 Å². The average Bonchev–Trinajstić information content (AvgIpc) is 3.39. The van der Waals surface area contributed by atoms with Crippen LogP contribution in [-0.2, 0) is 27.2 Å². The monoisotopic (exact) mass is 373 g/mol. The van der Waals surface area contributed by atoms with Gasteiger partial charge in [0.2, 0.25) is 0 Å². The van der Waals surface area contributed by atoms with Crippen LogP contribution in [0.3, 0.4) is 0 Å². The molecule has 7 heteroatoms. The summed E-state index contributed by atoms with van der Waals surface area (Å²) < 4.78 is 9.73. The number of aryl methyl sites for hydroxylation is 2. The van der Waals surface area contributed by atoms with E-state index in [0.29, 0.717) is 18.7 Å². The molecular weight excluding hydrogens is 354 g/mol. The van der Waals surface area contributed by atoms with Crippen LogP contribution in [0.2, 0.25) is 0 Å². The second-order valence-corrected chi connectivity index (χ2v) is 7.00. The van der Waals surface area contributed by atoms with Gasteiger partial charge in [0.15, 0.2) is 0 Å². The maximum atomic E-state index is 12.2. The van der Waals surface area contributed by atoms with Gasteiger partial charge in [0.25, 0.3) is 5.91 Å². The number of ether oxygens (including phenoxy) is 1. The minimum absolute atomic E-state index is 0.0463. The summed E-state index contributed by atoms with van der Waals surface area (Å²) in [6.45, 7) is 0.888. The van der Waals surface area contributed by atoms with Crippen molar-refractivity contribution < 1.29 is 9.53 Å². The number of fused-ring (bicyclic) bond motifs is 2. The molecule has 1 aliphatic heterocycles. The Morgan fingerprint density at radius 3 is 2.86 bits per heavy atom. The molecule has 7 nitrogen and oxygen atoms in total. The van der Waals surface area contributed by atoms with Crippen molar-refractivity contribution in [2.45, 2.75) is 13.2 Å². The van der Waals surface area contributed by atoms with Crippen LogP contribution in [-0.4, -0.2) is 25.5 Å². The lowest BCUT2D eigenvalue weighted by Gasteiger charge is -2.13. The lowest BCUT2D eigenvalue weighted by molar-refractivity contribution is 0.0966. The first-order chi connectivity index (χ1) is 13.6. The first-order valence-electron chi connectivity index (χ1n) is 9.07. The first kappa shape index (κ1) is 16.6. The number of aromatic nitrogens is 4. The van der Waals surface area contributed by atoms with Crippen LogP contribution >= 0.6 is 0 Å². The van der Waals surface area contributed by atoms with Crippen molar-refractivity contribution in [2.24, 2.45) is 14.1 Å². The van der Waals surface area contributed by atoms with Gasteiger partial charge in [0.1, 0.15) is 12.4 Å². The van der Waals surface area contributed by atoms with Crippen LogP contribution in [0.4, 0.5) is 0 Å². The Bertz CT molecular complexity index is 1220. The molecule has 1 N–H and O–H groups in total. The summed E-state index contributed by atoms with van der Waals surface area (Å²) in [7, 11) is 3.80. The Balaban J connectivity index is 1.59. The number of amides is 1. The molecule has 5 rings (SSSR count). The highest BCUT2D eigenvalue weighted by molar-refractivity contribution is 6.00. The molecular formula is C21H19N5O2. The molecule has 2 aromatic heterocycles. The van der Waals surface area contributed by atoms with Gasteiger partial charge < -0.3 is 10.1 Å². The largest absolute Gasteiger partial charge is 0.487 e. The highest BCUT2D eigenvalue weighted by Crippen LogP contribution is 2.36. The molecule has 0 radical (unpaired) electrons. The van der Waals surface area contributed by atoms with Gasteiger partial charge in [0, 0.05) is 43.4 Å². The number of hydrogen-bond acceptors (Lipinski definition) is 4. The summed E-state index contributed by atoms with van der Waals surface area (Å²) in [6.07, 6.45) is 3.73.